The van der Waals surface area contributed by atoms with Crippen LogP contribution in [0.4, 0.5) is 5.69 Å². The zero-order chi connectivity index (χ0) is 11.7. The molecule has 0 aromatic heterocycles. The predicted molar refractivity (Wildman–Crippen MR) is 58.8 cm³/mol. The smallest absolute Gasteiger partial charge is 0.322 e. The number of carboxylic acid groups (broad SMARTS) is 1. The maximum atomic E-state index is 10.1. The average Bonchev–Trinajstić information content (AvgIpc) is 2.15. The van der Waals surface area contributed by atoms with E-state index in [1.165, 1.54) is 0 Å². The second-order valence-corrected chi connectivity index (χ2v) is 3.43. The molecule has 0 heterocycles. The second kappa shape index (κ2) is 7.81. The normalized spacial score (nSPS) is 8.93. The highest BCUT2D eigenvalue weighted by molar-refractivity contribution is 7.71. The van der Waals surface area contributed by atoms with Crippen LogP contribution in [-0.2, 0) is 15.5 Å². The lowest BCUT2D eigenvalue weighted by Gasteiger charge is -2.00. The van der Waals surface area contributed by atoms with Crippen LogP contribution in [0.5, 0.6) is 0 Å². The highest BCUT2D eigenvalue weighted by Crippen LogP contribution is 2.03. The summed E-state index contributed by atoms with van der Waals surface area (Å²) in [7, 11) is -2.12. The number of benzene rings is 1. The molecule has 0 radical (unpaired) electrons. The van der Waals surface area contributed by atoms with E-state index < -0.39 is 16.7 Å². The van der Waals surface area contributed by atoms with Crippen molar-refractivity contribution in [1.29, 1.82) is 0 Å². The summed E-state index contributed by atoms with van der Waals surface area (Å²) in [5.74, 6) is -0.853. The third-order valence-electron chi connectivity index (χ3n) is 1.22. The molecule has 0 bridgehead atoms. The molecule has 0 spiro atoms. The van der Waals surface area contributed by atoms with Gasteiger partial charge in [-0.15, -0.1) is 0 Å². The van der Waals surface area contributed by atoms with Gasteiger partial charge in [-0.3, -0.25) is 4.79 Å². The Bertz CT molecular complexity index is 354. The van der Waals surface area contributed by atoms with Crippen LogP contribution in [0.3, 0.4) is 0 Å². The molecule has 0 atom stereocenters. The summed E-state index contributed by atoms with van der Waals surface area (Å²) in [5.41, 5.74) is 0.829. The highest BCUT2D eigenvalue weighted by atomic mass is 32.2. The van der Waals surface area contributed by atoms with Gasteiger partial charge < -0.3 is 10.4 Å². The van der Waals surface area contributed by atoms with E-state index in [0.29, 0.717) is 0 Å². The second-order valence-electron chi connectivity index (χ2n) is 2.55. The molecule has 15 heavy (non-hydrogen) atoms. The first-order valence-electron chi connectivity index (χ1n) is 4.11. The highest BCUT2D eigenvalue weighted by Gasteiger charge is 1.93. The van der Waals surface area contributed by atoms with Crippen LogP contribution in [0.1, 0.15) is 0 Å². The minimum Gasteiger partial charge on any atom is -0.480 e. The Kier molecular flexibility index (Phi) is 7.00. The van der Waals surface area contributed by atoms with Gasteiger partial charge in [-0.05, 0) is 12.1 Å². The topological polar surface area (TPSA) is 83.5 Å². The molecule has 1 rings (SSSR count). The van der Waals surface area contributed by atoms with Gasteiger partial charge in [0.1, 0.15) is 17.2 Å². The van der Waals surface area contributed by atoms with Gasteiger partial charge in [-0.2, -0.15) is 0 Å². The van der Waals surface area contributed by atoms with Crippen LogP contribution < -0.4 is 5.32 Å². The van der Waals surface area contributed by atoms with Gasteiger partial charge in [0.05, 0.1) is 0 Å². The molecule has 84 valence electrons. The van der Waals surface area contributed by atoms with Crippen LogP contribution in [0, 0.1) is 0 Å². The van der Waals surface area contributed by atoms with E-state index in [2.05, 4.69) is 5.32 Å². The summed E-state index contributed by atoms with van der Waals surface area (Å²) >= 11 is 0. The largest absolute Gasteiger partial charge is 0.480 e. The van der Waals surface area contributed by atoms with E-state index in [-0.39, 0.29) is 6.54 Å². The van der Waals surface area contributed by atoms with Crippen molar-refractivity contribution in [2.24, 2.45) is 0 Å². The quantitative estimate of drug-likeness (QED) is 0.656. The Morgan fingerprint density at radius 2 is 1.80 bits per heavy atom. The minimum atomic E-state index is -2.12. The third kappa shape index (κ3) is 10.4. The Balaban J connectivity index is 0.000000423. The first kappa shape index (κ1) is 13.4. The molecule has 1 aromatic carbocycles. The lowest BCUT2D eigenvalue weighted by atomic mass is 10.3. The van der Waals surface area contributed by atoms with E-state index in [0.717, 1.165) is 11.9 Å². The number of thiol groups is 1. The van der Waals surface area contributed by atoms with Crippen LogP contribution in [0.15, 0.2) is 30.3 Å². The van der Waals surface area contributed by atoms with Crippen molar-refractivity contribution in [3.05, 3.63) is 30.3 Å². The maximum Gasteiger partial charge on any atom is 0.322 e. The van der Waals surface area contributed by atoms with Crippen molar-refractivity contribution in [3.63, 3.8) is 0 Å². The molecule has 0 saturated carbocycles. The molecule has 2 N–H and O–H groups in total. The van der Waals surface area contributed by atoms with Crippen molar-refractivity contribution in [2.75, 3.05) is 18.1 Å². The van der Waals surface area contributed by atoms with Gasteiger partial charge in [-0.25, -0.2) is 8.42 Å². The fourth-order valence-electron chi connectivity index (χ4n) is 0.734. The monoisotopic (exact) mass is 231 g/mol. The lowest BCUT2D eigenvalue weighted by molar-refractivity contribution is -0.134. The summed E-state index contributed by atoms with van der Waals surface area (Å²) in [6.07, 6.45) is 1.12. The number of rotatable bonds is 3. The minimum absolute atomic E-state index is 0.0377. The fraction of sp³-hybridized carbons (Fsp3) is 0.222. The third-order valence-corrected chi connectivity index (χ3v) is 1.22. The van der Waals surface area contributed by atoms with Crippen LogP contribution in [-0.4, -0.2) is 32.3 Å². The van der Waals surface area contributed by atoms with Gasteiger partial charge in [0, 0.05) is 11.9 Å². The zero-order valence-electron chi connectivity index (χ0n) is 8.21. The number of nitrogens with one attached hydrogen (secondary N) is 1. The Morgan fingerprint density at radius 3 is 2.20 bits per heavy atom. The van der Waals surface area contributed by atoms with Crippen molar-refractivity contribution in [1.82, 2.24) is 0 Å². The molecule has 1 aromatic rings. The molecular weight excluding hydrogens is 218 g/mol. The van der Waals surface area contributed by atoms with Gasteiger partial charge in [0.15, 0.2) is 0 Å². The van der Waals surface area contributed by atoms with Crippen molar-refractivity contribution in [3.8, 4) is 0 Å². The van der Waals surface area contributed by atoms with Gasteiger partial charge >= 0.3 is 5.97 Å². The Labute approximate surface area is 89.7 Å². The number of carbonyl (C=O) groups is 1. The van der Waals surface area contributed by atoms with E-state index in [1.54, 1.807) is 0 Å². The molecule has 6 heteroatoms. The van der Waals surface area contributed by atoms with Crippen molar-refractivity contribution < 1.29 is 18.3 Å². The van der Waals surface area contributed by atoms with Gasteiger partial charge in [0.25, 0.3) is 0 Å². The summed E-state index contributed by atoms with van der Waals surface area (Å²) in [6.45, 7) is -0.0377. The SMILES string of the molecule is C[SH](=O)=O.O=C(O)CNc1ccccc1. The van der Waals surface area contributed by atoms with Crippen LogP contribution >= 0.6 is 0 Å². The number of anilines is 1. The summed E-state index contributed by atoms with van der Waals surface area (Å²) in [6, 6.07) is 9.23. The van der Waals surface area contributed by atoms with E-state index in [9.17, 15) is 4.79 Å². The van der Waals surface area contributed by atoms with Gasteiger partial charge in [-0.1, -0.05) is 18.2 Å². The average molecular weight is 231 g/mol. The standard InChI is InChI=1S/C8H9NO2.CH4O2S/c10-8(11)6-9-7-4-2-1-3-5-7;1-4(2)3/h1-5,9H,6H2,(H,10,11);4H,1H3. The predicted octanol–water partition coefficient (Wildman–Crippen LogP) is 0.411. The molecule has 0 aliphatic carbocycles. The summed E-state index contributed by atoms with van der Waals surface area (Å²) < 4.78 is 18.1. The fourth-order valence-corrected chi connectivity index (χ4v) is 0.734. The number of para-hydroxylation sites is 1. The lowest BCUT2D eigenvalue weighted by Crippen LogP contribution is -2.11. The van der Waals surface area contributed by atoms with Crippen LogP contribution in [0.25, 0.3) is 0 Å². The van der Waals surface area contributed by atoms with E-state index >= 15 is 0 Å². The Hall–Kier alpha value is -1.56. The molecule has 0 amide bonds. The van der Waals surface area contributed by atoms with E-state index in [1.807, 2.05) is 30.3 Å². The maximum absolute atomic E-state index is 10.1. The first-order chi connectivity index (χ1) is 7.02. The van der Waals surface area contributed by atoms with Crippen LogP contribution in [0.2, 0.25) is 0 Å². The molecule has 0 unspecified atom stereocenters. The molecule has 0 aliphatic heterocycles. The number of aliphatic carboxylic acids is 1. The number of hydrogen-bond acceptors (Lipinski definition) is 4. The Morgan fingerprint density at radius 1 is 1.33 bits per heavy atom. The van der Waals surface area contributed by atoms with Gasteiger partial charge in [0.2, 0.25) is 0 Å². The molecule has 0 saturated heterocycles. The molecular formula is C9H13NO4S. The molecule has 5 nitrogen and oxygen atoms in total. The first-order valence-corrected chi connectivity index (χ1v) is 5.73. The van der Waals surface area contributed by atoms with Crippen molar-refractivity contribution in [2.45, 2.75) is 0 Å². The molecule has 0 fully saturated rings. The summed E-state index contributed by atoms with van der Waals surface area (Å²) in [5, 5.41) is 11.1. The number of carboxylic acids is 1. The number of hydrogen-bond donors (Lipinski definition) is 3. The zero-order valence-corrected chi connectivity index (χ0v) is 9.11. The molecule has 0 aliphatic rings. The summed E-state index contributed by atoms with van der Waals surface area (Å²) in [4.78, 5) is 10.1. The van der Waals surface area contributed by atoms with Crippen molar-refractivity contribution >= 4 is 22.4 Å². The van der Waals surface area contributed by atoms with E-state index in [4.69, 9.17) is 13.5 Å².